The van der Waals surface area contributed by atoms with Crippen LogP contribution in [0.1, 0.15) is 26.7 Å². The van der Waals surface area contributed by atoms with Crippen LogP contribution in [0.15, 0.2) is 4.99 Å². The minimum atomic E-state index is 0.620. The van der Waals surface area contributed by atoms with Crippen LogP contribution < -0.4 is 5.32 Å². The van der Waals surface area contributed by atoms with E-state index in [1.807, 2.05) is 14.1 Å². The second-order valence-corrected chi connectivity index (χ2v) is 3.97. The molecule has 0 saturated carbocycles. The van der Waals surface area contributed by atoms with Gasteiger partial charge in [-0.1, -0.05) is 6.92 Å². The minimum absolute atomic E-state index is 0.620. The number of aliphatic imine (C=N–C) groups is 1. The average molecular weight is 183 g/mol. The van der Waals surface area contributed by atoms with Gasteiger partial charge in [-0.25, -0.2) is 0 Å². The van der Waals surface area contributed by atoms with Gasteiger partial charge in [0.2, 0.25) is 0 Å². The Balaban J connectivity index is 2.60. The number of guanidine groups is 1. The summed E-state index contributed by atoms with van der Waals surface area (Å²) in [6.07, 6.45) is 2.56. The lowest BCUT2D eigenvalue weighted by Gasteiger charge is -2.38. The zero-order valence-electron chi connectivity index (χ0n) is 9.17. The maximum absolute atomic E-state index is 4.24. The van der Waals surface area contributed by atoms with Crippen molar-refractivity contribution in [2.24, 2.45) is 10.9 Å². The van der Waals surface area contributed by atoms with Gasteiger partial charge in [0.15, 0.2) is 5.96 Å². The van der Waals surface area contributed by atoms with E-state index in [2.05, 4.69) is 29.1 Å². The van der Waals surface area contributed by atoms with Crippen molar-refractivity contribution < 1.29 is 0 Å². The normalized spacial score (nSPS) is 30.5. The Morgan fingerprint density at radius 1 is 1.46 bits per heavy atom. The van der Waals surface area contributed by atoms with Crippen molar-refractivity contribution in [1.29, 1.82) is 0 Å². The molecule has 3 nitrogen and oxygen atoms in total. The summed E-state index contributed by atoms with van der Waals surface area (Å²) >= 11 is 0. The van der Waals surface area contributed by atoms with E-state index in [1.54, 1.807) is 0 Å². The third-order valence-electron chi connectivity index (χ3n) is 2.85. The number of rotatable bonds is 0. The van der Waals surface area contributed by atoms with Crippen molar-refractivity contribution in [3.8, 4) is 0 Å². The third kappa shape index (κ3) is 2.36. The SMILES string of the molecule is CN=C(NC)N1CCC(C)CC1C. The van der Waals surface area contributed by atoms with Gasteiger partial charge in [0.25, 0.3) is 0 Å². The van der Waals surface area contributed by atoms with Gasteiger partial charge in [0.1, 0.15) is 0 Å². The summed E-state index contributed by atoms with van der Waals surface area (Å²) in [4.78, 5) is 6.60. The largest absolute Gasteiger partial charge is 0.359 e. The molecule has 0 bridgehead atoms. The van der Waals surface area contributed by atoms with E-state index < -0.39 is 0 Å². The van der Waals surface area contributed by atoms with Crippen LogP contribution in [0.5, 0.6) is 0 Å². The van der Waals surface area contributed by atoms with Crippen molar-refractivity contribution in [3.05, 3.63) is 0 Å². The second-order valence-electron chi connectivity index (χ2n) is 3.97. The molecule has 1 saturated heterocycles. The van der Waals surface area contributed by atoms with Gasteiger partial charge in [-0.05, 0) is 25.7 Å². The van der Waals surface area contributed by atoms with Crippen LogP contribution in [0.2, 0.25) is 0 Å². The molecule has 1 rings (SSSR count). The highest BCUT2D eigenvalue weighted by Gasteiger charge is 2.24. The number of piperidine rings is 1. The summed E-state index contributed by atoms with van der Waals surface area (Å²) in [6.45, 7) is 5.74. The van der Waals surface area contributed by atoms with Crippen LogP contribution in [0.25, 0.3) is 0 Å². The van der Waals surface area contributed by atoms with Gasteiger partial charge >= 0.3 is 0 Å². The van der Waals surface area contributed by atoms with E-state index in [0.29, 0.717) is 6.04 Å². The minimum Gasteiger partial charge on any atom is -0.359 e. The Morgan fingerprint density at radius 3 is 2.62 bits per heavy atom. The van der Waals surface area contributed by atoms with Gasteiger partial charge in [-0.2, -0.15) is 0 Å². The van der Waals surface area contributed by atoms with Crippen LogP contribution in [-0.4, -0.2) is 37.5 Å². The topological polar surface area (TPSA) is 27.6 Å². The van der Waals surface area contributed by atoms with Gasteiger partial charge in [0, 0.05) is 26.7 Å². The molecule has 0 spiro atoms. The molecule has 0 aromatic rings. The number of nitrogens with zero attached hydrogens (tertiary/aromatic N) is 2. The highest BCUT2D eigenvalue weighted by molar-refractivity contribution is 5.79. The Morgan fingerprint density at radius 2 is 2.15 bits per heavy atom. The predicted octanol–water partition coefficient (Wildman–Crippen LogP) is 1.31. The van der Waals surface area contributed by atoms with Crippen LogP contribution in [0.3, 0.4) is 0 Å². The molecule has 2 unspecified atom stereocenters. The Kier molecular flexibility index (Phi) is 3.58. The first-order valence-corrected chi connectivity index (χ1v) is 5.10. The first-order chi connectivity index (χ1) is 6.19. The predicted molar refractivity (Wildman–Crippen MR) is 57.0 cm³/mol. The quantitative estimate of drug-likeness (QED) is 0.453. The lowest BCUT2D eigenvalue weighted by Crippen LogP contribution is -2.48. The van der Waals surface area contributed by atoms with Crippen molar-refractivity contribution in [2.45, 2.75) is 32.7 Å². The highest BCUT2D eigenvalue weighted by atomic mass is 15.3. The van der Waals surface area contributed by atoms with E-state index in [9.17, 15) is 0 Å². The molecule has 0 radical (unpaired) electrons. The van der Waals surface area contributed by atoms with E-state index >= 15 is 0 Å². The smallest absolute Gasteiger partial charge is 0.193 e. The number of likely N-dealkylation sites (tertiary alicyclic amines) is 1. The second kappa shape index (κ2) is 4.49. The van der Waals surface area contributed by atoms with Crippen LogP contribution in [0, 0.1) is 5.92 Å². The molecular weight excluding hydrogens is 162 g/mol. The van der Waals surface area contributed by atoms with Crippen molar-refractivity contribution in [3.63, 3.8) is 0 Å². The monoisotopic (exact) mass is 183 g/mol. The molecule has 1 heterocycles. The van der Waals surface area contributed by atoms with Crippen LogP contribution in [-0.2, 0) is 0 Å². The maximum Gasteiger partial charge on any atom is 0.193 e. The molecule has 1 N–H and O–H groups in total. The van der Waals surface area contributed by atoms with Gasteiger partial charge < -0.3 is 10.2 Å². The molecule has 0 aliphatic carbocycles. The lowest BCUT2D eigenvalue weighted by atomic mass is 9.94. The highest BCUT2D eigenvalue weighted by Crippen LogP contribution is 2.21. The van der Waals surface area contributed by atoms with Crippen LogP contribution in [0.4, 0.5) is 0 Å². The van der Waals surface area contributed by atoms with E-state index in [1.165, 1.54) is 12.8 Å². The molecular formula is C10H21N3. The van der Waals surface area contributed by atoms with Crippen molar-refractivity contribution >= 4 is 5.96 Å². The Bertz CT molecular complexity index is 189. The fourth-order valence-electron chi connectivity index (χ4n) is 2.11. The summed E-state index contributed by atoms with van der Waals surface area (Å²) in [5.41, 5.74) is 0. The third-order valence-corrected chi connectivity index (χ3v) is 2.85. The Labute approximate surface area is 81.2 Å². The first kappa shape index (κ1) is 10.4. The number of hydrogen-bond donors (Lipinski definition) is 1. The molecule has 2 atom stereocenters. The summed E-state index contributed by atoms with van der Waals surface area (Å²) in [7, 11) is 3.78. The number of hydrogen-bond acceptors (Lipinski definition) is 1. The van der Waals surface area contributed by atoms with Crippen LogP contribution >= 0.6 is 0 Å². The van der Waals surface area contributed by atoms with Crippen molar-refractivity contribution in [1.82, 2.24) is 10.2 Å². The maximum atomic E-state index is 4.24. The van der Waals surface area contributed by atoms with Crippen molar-refractivity contribution in [2.75, 3.05) is 20.6 Å². The van der Waals surface area contributed by atoms with E-state index in [4.69, 9.17) is 0 Å². The van der Waals surface area contributed by atoms with Gasteiger partial charge in [-0.3, -0.25) is 4.99 Å². The molecule has 13 heavy (non-hydrogen) atoms. The molecule has 1 aliphatic heterocycles. The fourth-order valence-corrected chi connectivity index (χ4v) is 2.11. The molecule has 3 heteroatoms. The average Bonchev–Trinajstić information content (AvgIpc) is 2.10. The zero-order chi connectivity index (χ0) is 9.84. The summed E-state index contributed by atoms with van der Waals surface area (Å²) in [5.74, 6) is 1.89. The summed E-state index contributed by atoms with van der Waals surface area (Å²) < 4.78 is 0. The summed E-state index contributed by atoms with van der Waals surface area (Å²) in [5, 5.41) is 3.14. The first-order valence-electron chi connectivity index (χ1n) is 5.10. The fraction of sp³-hybridized carbons (Fsp3) is 0.900. The zero-order valence-corrected chi connectivity index (χ0v) is 9.17. The molecule has 76 valence electrons. The molecule has 1 fully saturated rings. The standard InChI is InChI=1S/C10H21N3/c1-8-5-6-13(9(2)7-8)10(11-3)12-4/h8-9H,5-7H2,1-4H3,(H,11,12). The molecule has 1 aliphatic rings. The Hall–Kier alpha value is -0.730. The molecule has 0 aromatic heterocycles. The van der Waals surface area contributed by atoms with E-state index in [-0.39, 0.29) is 0 Å². The summed E-state index contributed by atoms with van der Waals surface area (Å²) in [6, 6.07) is 0.620. The van der Waals surface area contributed by atoms with Gasteiger partial charge in [0.05, 0.1) is 0 Å². The van der Waals surface area contributed by atoms with Gasteiger partial charge in [-0.15, -0.1) is 0 Å². The molecule has 0 aromatic carbocycles. The lowest BCUT2D eigenvalue weighted by molar-refractivity contribution is 0.205. The van der Waals surface area contributed by atoms with E-state index in [0.717, 1.165) is 18.4 Å². The molecule has 0 amide bonds. The number of nitrogens with one attached hydrogen (secondary N) is 1.